The SMILES string of the molecule is CCNC(=O)c1cccc(NC(=O)C2CNCC2C)c1. The number of hydrogen-bond acceptors (Lipinski definition) is 3. The Hall–Kier alpha value is -1.88. The van der Waals surface area contributed by atoms with Crippen molar-refractivity contribution in [1.82, 2.24) is 10.6 Å². The van der Waals surface area contributed by atoms with Gasteiger partial charge in [0.25, 0.3) is 5.91 Å². The predicted octanol–water partition coefficient (Wildman–Crippen LogP) is 1.23. The molecule has 1 aromatic rings. The standard InChI is InChI=1S/C15H21N3O2/c1-3-17-14(19)11-5-4-6-12(7-11)18-15(20)13-9-16-8-10(13)2/h4-7,10,13,16H,3,8-9H2,1-2H3,(H,17,19)(H,18,20). The highest BCUT2D eigenvalue weighted by molar-refractivity contribution is 5.97. The van der Waals surface area contributed by atoms with E-state index in [4.69, 9.17) is 0 Å². The summed E-state index contributed by atoms with van der Waals surface area (Å²) < 4.78 is 0. The summed E-state index contributed by atoms with van der Waals surface area (Å²) >= 11 is 0. The molecule has 0 radical (unpaired) electrons. The largest absolute Gasteiger partial charge is 0.352 e. The number of hydrogen-bond donors (Lipinski definition) is 3. The fourth-order valence-corrected chi connectivity index (χ4v) is 2.40. The van der Waals surface area contributed by atoms with Gasteiger partial charge in [0.15, 0.2) is 0 Å². The van der Waals surface area contributed by atoms with E-state index in [2.05, 4.69) is 22.9 Å². The van der Waals surface area contributed by atoms with Crippen LogP contribution in [-0.2, 0) is 4.79 Å². The van der Waals surface area contributed by atoms with Gasteiger partial charge in [0.05, 0.1) is 5.92 Å². The molecular formula is C15H21N3O2. The molecule has 2 amide bonds. The normalized spacial score (nSPS) is 21.5. The van der Waals surface area contributed by atoms with Crippen molar-refractivity contribution in [3.63, 3.8) is 0 Å². The topological polar surface area (TPSA) is 70.2 Å². The molecule has 0 saturated carbocycles. The molecule has 5 heteroatoms. The number of anilines is 1. The summed E-state index contributed by atoms with van der Waals surface area (Å²) in [4.78, 5) is 23.9. The molecule has 1 heterocycles. The van der Waals surface area contributed by atoms with Crippen molar-refractivity contribution in [2.24, 2.45) is 11.8 Å². The molecular weight excluding hydrogens is 254 g/mol. The summed E-state index contributed by atoms with van der Waals surface area (Å²) in [5.74, 6) is 0.208. The van der Waals surface area contributed by atoms with E-state index < -0.39 is 0 Å². The molecule has 108 valence electrons. The lowest BCUT2D eigenvalue weighted by Crippen LogP contribution is -2.28. The summed E-state index contributed by atoms with van der Waals surface area (Å²) in [5, 5.41) is 8.85. The van der Waals surface area contributed by atoms with Gasteiger partial charge in [-0.1, -0.05) is 13.0 Å². The number of benzene rings is 1. The maximum absolute atomic E-state index is 12.2. The minimum atomic E-state index is -0.125. The Morgan fingerprint density at radius 1 is 1.35 bits per heavy atom. The molecule has 1 aromatic carbocycles. The molecule has 1 fully saturated rings. The summed E-state index contributed by atoms with van der Waals surface area (Å²) in [5.41, 5.74) is 1.22. The molecule has 1 aliphatic rings. The van der Waals surface area contributed by atoms with Crippen LogP contribution in [0, 0.1) is 11.8 Å². The zero-order valence-corrected chi connectivity index (χ0v) is 11.9. The fraction of sp³-hybridized carbons (Fsp3) is 0.467. The zero-order chi connectivity index (χ0) is 14.5. The predicted molar refractivity (Wildman–Crippen MR) is 78.6 cm³/mol. The van der Waals surface area contributed by atoms with Crippen LogP contribution in [0.4, 0.5) is 5.69 Å². The van der Waals surface area contributed by atoms with Crippen molar-refractivity contribution in [1.29, 1.82) is 0 Å². The van der Waals surface area contributed by atoms with Gasteiger partial charge in [-0.15, -0.1) is 0 Å². The molecule has 0 bridgehead atoms. The van der Waals surface area contributed by atoms with Crippen LogP contribution in [0.3, 0.4) is 0 Å². The van der Waals surface area contributed by atoms with Crippen LogP contribution in [0.15, 0.2) is 24.3 Å². The van der Waals surface area contributed by atoms with E-state index >= 15 is 0 Å². The second-order valence-corrected chi connectivity index (χ2v) is 5.17. The Bertz CT molecular complexity index is 502. The Labute approximate surface area is 119 Å². The van der Waals surface area contributed by atoms with Gasteiger partial charge in [-0.05, 0) is 37.6 Å². The molecule has 20 heavy (non-hydrogen) atoms. The molecule has 0 aromatic heterocycles. The lowest BCUT2D eigenvalue weighted by atomic mass is 9.97. The molecule has 2 unspecified atom stereocenters. The fourth-order valence-electron chi connectivity index (χ4n) is 2.40. The average Bonchev–Trinajstić information content (AvgIpc) is 2.85. The van der Waals surface area contributed by atoms with Crippen LogP contribution in [-0.4, -0.2) is 31.4 Å². The number of nitrogens with one attached hydrogen (secondary N) is 3. The van der Waals surface area contributed by atoms with E-state index in [0.717, 1.165) is 6.54 Å². The third-order valence-corrected chi connectivity index (χ3v) is 3.58. The van der Waals surface area contributed by atoms with E-state index in [9.17, 15) is 9.59 Å². The number of amides is 2. The molecule has 2 atom stereocenters. The maximum Gasteiger partial charge on any atom is 0.251 e. The van der Waals surface area contributed by atoms with Crippen molar-refractivity contribution in [3.8, 4) is 0 Å². The van der Waals surface area contributed by atoms with Gasteiger partial charge in [-0.3, -0.25) is 9.59 Å². The molecule has 5 nitrogen and oxygen atoms in total. The summed E-state index contributed by atoms with van der Waals surface area (Å²) in [7, 11) is 0. The van der Waals surface area contributed by atoms with Crippen molar-refractivity contribution in [2.75, 3.05) is 25.0 Å². The van der Waals surface area contributed by atoms with Gasteiger partial charge in [-0.25, -0.2) is 0 Å². The van der Waals surface area contributed by atoms with Gasteiger partial charge >= 0.3 is 0 Å². The maximum atomic E-state index is 12.2. The Kier molecular flexibility index (Phi) is 4.74. The molecule has 0 spiro atoms. The summed E-state index contributed by atoms with van der Waals surface area (Å²) in [6.45, 7) is 6.11. The number of carbonyl (C=O) groups is 2. The first-order chi connectivity index (χ1) is 9.61. The molecule has 0 aliphatic carbocycles. The first kappa shape index (κ1) is 14.5. The zero-order valence-electron chi connectivity index (χ0n) is 11.9. The monoisotopic (exact) mass is 275 g/mol. The van der Waals surface area contributed by atoms with Gasteiger partial charge in [0.2, 0.25) is 5.91 Å². The first-order valence-electron chi connectivity index (χ1n) is 7.01. The number of rotatable bonds is 4. The second-order valence-electron chi connectivity index (χ2n) is 5.17. The van der Waals surface area contributed by atoms with E-state index in [-0.39, 0.29) is 17.7 Å². The molecule has 2 rings (SSSR count). The Morgan fingerprint density at radius 2 is 2.15 bits per heavy atom. The highest BCUT2D eigenvalue weighted by Crippen LogP contribution is 2.19. The minimum Gasteiger partial charge on any atom is -0.352 e. The van der Waals surface area contributed by atoms with Crippen LogP contribution < -0.4 is 16.0 Å². The van der Waals surface area contributed by atoms with Crippen molar-refractivity contribution < 1.29 is 9.59 Å². The third kappa shape index (κ3) is 3.36. The smallest absolute Gasteiger partial charge is 0.251 e. The van der Waals surface area contributed by atoms with E-state index in [1.807, 2.05) is 6.92 Å². The quantitative estimate of drug-likeness (QED) is 0.774. The third-order valence-electron chi connectivity index (χ3n) is 3.58. The summed E-state index contributed by atoms with van der Waals surface area (Å²) in [6, 6.07) is 7.01. The lowest BCUT2D eigenvalue weighted by Gasteiger charge is -2.14. The highest BCUT2D eigenvalue weighted by atomic mass is 16.2. The average molecular weight is 275 g/mol. The highest BCUT2D eigenvalue weighted by Gasteiger charge is 2.29. The van der Waals surface area contributed by atoms with Crippen LogP contribution in [0.1, 0.15) is 24.2 Å². The van der Waals surface area contributed by atoms with Gasteiger partial charge in [0.1, 0.15) is 0 Å². The van der Waals surface area contributed by atoms with Gasteiger partial charge in [-0.2, -0.15) is 0 Å². The van der Waals surface area contributed by atoms with Crippen molar-refractivity contribution in [3.05, 3.63) is 29.8 Å². The van der Waals surface area contributed by atoms with Crippen LogP contribution in [0.5, 0.6) is 0 Å². The van der Waals surface area contributed by atoms with Crippen LogP contribution in [0.2, 0.25) is 0 Å². The molecule has 1 saturated heterocycles. The Balaban J connectivity index is 2.04. The Morgan fingerprint density at radius 3 is 2.80 bits per heavy atom. The van der Waals surface area contributed by atoms with Gasteiger partial charge in [0, 0.05) is 24.3 Å². The van der Waals surface area contributed by atoms with Crippen molar-refractivity contribution in [2.45, 2.75) is 13.8 Å². The van der Waals surface area contributed by atoms with Crippen LogP contribution in [0.25, 0.3) is 0 Å². The van der Waals surface area contributed by atoms with E-state index in [1.165, 1.54) is 0 Å². The minimum absolute atomic E-state index is 0.00977. The molecule has 1 aliphatic heterocycles. The van der Waals surface area contributed by atoms with E-state index in [1.54, 1.807) is 24.3 Å². The second kappa shape index (κ2) is 6.52. The number of carbonyl (C=O) groups excluding carboxylic acids is 2. The molecule has 3 N–H and O–H groups in total. The lowest BCUT2D eigenvalue weighted by molar-refractivity contribution is -0.120. The van der Waals surface area contributed by atoms with Crippen molar-refractivity contribution >= 4 is 17.5 Å². The summed E-state index contributed by atoms with van der Waals surface area (Å²) in [6.07, 6.45) is 0. The van der Waals surface area contributed by atoms with Gasteiger partial charge < -0.3 is 16.0 Å². The van der Waals surface area contributed by atoms with E-state index in [0.29, 0.717) is 30.3 Å². The first-order valence-corrected chi connectivity index (χ1v) is 7.01. The van der Waals surface area contributed by atoms with Crippen LogP contribution >= 0.6 is 0 Å².